The first-order valence-electron chi connectivity index (χ1n) is 6.43. The number of carbonyl (C=O) groups excluding carboxylic acids is 2. The lowest BCUT2D eigenvalue weighted by molar-refractivity contribution is -0.141. The molecule has 2 amide bonds. The second-order valence-electron chi connectivity index (χ2n) is 4.56. The minimum absolute atomic E-state index is 0.0128. The molecule has 0 saturated heterocycles. The van der Waals surface area contributed by atoms with Gasteiger partial charge in [-0.25, -0.2) is 4.79 Å². The number of carboxylic acids is 1. The number of phenols is 1. The van der Waals surface area contributed by atoms with Gasteiger partial charge in [0.2, 0.25) is 11.8 Å². The van der Waals surface area contributed by atoms with Gasteiger partial charge in [0.1, 0.15) is 11.8 Å². The number of nitrogens with one attached hydrogen (secondary N) is 2. The average molecular weight is 294 g/mol. The Hall–Kier alpha value is -2.57. The van der Waals surface area contributed by atoms with Crippen molar-refractivity contribution in [2.75, 3.05) is 6.54 Å². The summed E-state index contributed by atoms with van der Waals surface area (Å²) in [6.07, 6.45) is 0.125. The summed E-state index contributed by atoms with van der Waals surface area (Å²) in [7, 11) is 0. The van der Waals surface area contributed by atoms with Crippen molar-refractivity contribution in [1.82, 2.24) is 10.6 Å². The number of benzene rings is 1. The van der Waals surface area contributed by atoms with Crippen LogP contribution in [-0.4, -0.2) is 40.6 Å². The van der Waals surface area contributed by atoms with Gasteiger partial charge in [-0.2, -0.15) is 0 Å². The molecule has 4 N–H and O–H groups in total. The Kier molecular flexibility index (Phi) is 6.19. The number of carbonyl (C=O) groups is 3. The largest absolute Gasteiger partial charge is 0.508 e. The summed E-state index contributed by atoms with van der Waals surface area (Å²) < 4.78 is 0. The Morgan fingerprint density at radius 1 is 1.19 bits per heavy atom. The highest BCUT2D eigenvalue weighted by molar-refractivity contribution is 5.84. The highest BCUT2D eigenvalue weighted by Crippen LogP contribution is 2.11. The van der Waals surface area contributed by atoms with E-state index in [0.717, 1.165) is 0 Å². The smallest absolute Gasteiger partial charge is 0.326 e. The molecular weight excluding hydrogens is 276 g/mol. The van der Waals surface area contributed by atoms with E-state index >= 15 is 0 Å². The standard InChI is InChI=1S/C14H18N2O5/c1-9(17)15-7-6-13(19)16-12(14(20)21)8-10-2-4-11(18)5-3-10/h2-5,12,18H,6-8H2,1H3,(H,15,17)(H,16,19)(H,20,21)/t12-/m0/s1. The van der Waals surface area contributed by atoms with Crippen molar-refractivity contribution in [1.29, 1.82) is 0 Å². The molecule has 0 fully saturated rings. The first kappa shape index (κ1) is 16.5. The molecule has 21 heavy (non-hydrogen) atoms. The lowest BCUT2D eigenvalue weighted by Gasteiger charge is -2.14. The predicted octanol–water partition coefficient (Wildman–Crippen LogP) is 0.0303. The quantitative estimate of drug-likeness (QED) is 0.566. The van der Waals surface area contributed by atoms with E-state index in [1.807, 2.05) is 0 Å². The maximum absolute atomic E-state index is 11.6. The zero-order valence-corrected chi connectivity index (χ0v) is 11.6. The van der Waals surface area contributed by atoms with Gasteiger partial charge in [-0.1, -0.05) is 12.1 Å². The number of rotatable bonds is 7. The van der Waals surface area contributed by atoms with Gasteiger partial charge in [-0.05, 0) is 17.7 Å². The van der Waals surface area contributed by atoms with E-state index in [1.54, 1.807) is 12.1 Å². The van der Waals surface area contributed by atoms with E-state index in [4.69, 9.17) is 10.2 Å². The molecule has 0 aromatic heterocycles. The molecule has 0 spiro atoms. The summed E-state index contributed by atoms with van der Waals surface area (Å²) in [5.74, 6) is -1.75. The molecule has 0 aliphatic rings. The first-order valence-corrected chi connectivity index (χ1v) is 6.43. The van der Waals surface area contributed by atoms with Crippen LogP contribution in [0.25, 0.3) is 0 Å². The van der Waals surface area contributed by atoms with E-state index < -0.39 is 17.9 Å². The van der Waals surface area contributed by atoms with Crippen LogP contribution in [0.15, 0.2) is 24.3 Å². The molecule has 0 radical (unpaired) electrons. The second-order valence-corrected chi connectivity index (χ2v) is 4.56. The molecule has 1 aromatic carbocycles. The average Bonchev–Trinajstić information content (AvgIpc) is 2.40. The van der Waals surface area contributed by atoms with Crippen molar-refractivity contribution in [3.8, 4) is 5.75 Å². The number of hydrogen-bond acceptors (Lipinski definition) is 4. The van der Waals surface area contributed by atoms with E-state index in [-0.39, 0.29) is 31.0 Å². The highest BCUT2D eigenvalue weighted by Gasteiger charge is 2.20. The molecule has 0 heterocycles. The van der Waals surface area contributed by atoms with Crippen LogP contribution in [0.3, 0.4) is 0 Å². The van der Waals surface area contributed by atoms with Crippen LogP contribution in [0.4, 0.5) is 0 Å². The van der Waals surface area contributed by atoms with Gasteiger partial charge in [-0.15, -0.1) is 0 Å². The van der Waals surface area contributed by atoms with Crippen molar-refractivity contribution in [3.63, 3.8) is 0 Å². The third-order valence-corrected chi connectivity index (χ3v) is 2.74. The van der Waals surface area contributed by atoms with Crippen LogP contribution in [0.2, 0.25) is 0 Å². The molecule has 1 atom stereocenters. The van der Waals surface area contributed by atoms with E-state index in [1.165, 1.54) is 19.1 Å². The van der Waals surface area contributed by atoms with Crippen LogP contribution in [0.5, 0.6) is 5.75 Å². The number of phenolic OH excluding ortho intramolecular Hbond substituents is 1. The monoisotopic (exact) mass is 294 g/mol. The third kappa shape index (κ3) is 6.42. The van der Waals surface area contributed by atoms with Crippen molar-refractivity contribution in [2.45, 2.75) is 25.8 Å². The molecule has 1 rings (SSSR count). The Morgan fingerprint density at radius 3 is 2.33 bits per heavy atom. The molecule has 0 unspecified atom stereocenters. The Morgan fingerprint density at radius 2 is 1.81 bits per heavy atom. The molecule has 0 bridgehead atoms. The fourth-order valence-electron chi connectivity index (χ4n) is 1.69. The van der Waals surface area contributed by atoms with Crippen LogP contribution < -0.4 is 10.6 Å². The van der Waals surface area contributed by atoms with Gasteiger partial charge in [0.25, 0.3) is 0 Å². The van der Waals surface area contributed by atoms with Gasteiger partial charge in [0, 0.05) is 26.3 Å². The number of amides is 2. The molecule has 0 aliphatic heterocycles. The number of hydrogen-bond donors (Lipinski definition) is 4. The lowest BCUT2D eigenvalue weighted by atomic mass is 10.1. The predicted molar refractivity (Wildman–Crippen MR) is 74.7 cm³/mol. The van der Waals surface area contributed by atoms with Gasteiger partial charge >= 0.3 is 5.97 Å². The summed E-state index contributed by atoms with van der Waals surface area (Å²) in [6.45, 7) is 1.50. The van der Waals surface area contributed by atoms with Crippen molar-refractivity contribution in [2.24, 2.45) is 0 Å². The summed E-state index contributed by atoms with van der Waals surface area (Å²) in [4.78, 5) is 33.4. The Bertz CT molecular complexity index is 513. The molecule has 7 heteroatoms. The summed E-state index contributed by atoms with van der Waals surface area (Å²) >= 11 is 0. The van der Waals surface area contributed by atoms with Crippen LogP contribution in [0.1, 0.15) is 18.9 Å². The van der Waals surface area contributed by atoms with Gasteiger partial charge < -0.3 is 20.8 Å². The van der Waals surface area contributed by atoms with Gasteiger partial charge in [-0.3, -0.25) is 9.59 Å². The summed E-state index contributed by atoms with van der Waals surface area (Å²) in [6, 6.07) is 5.03. The number of carboxylic acid groups (broad SMARTS) is 1. The van der Waals surface area contributed by atoms with Crippen molar-refractivity contribution in [3.05, 3.63) is 29.8 Å². The van der Waals surface area contributed by atoms with E-state index in [0.29, 0.717) is 5.56 Å². The van der Waals surface area contributed by atoms with Crippen LogP contribution in [0, 0.1) is 0 Å². The summed E-state index contributed by atoms with van der Waals surface area (Å²) in [5.41, 5.74) is 0.683. The molecule has 1 aromatic rings. The lowest BCUT2D eigenvalue weighted by Crippen LogP contribution is -2.43. The van der Waals surface area contributed by atoms with Crippen molar-refractivity contribution < 1.29 is 24.6 Å². The Labute approximate surface area is 122 Å². The van der Waals surface area contributed by atoms with Gasteiger partial charge in [0.15, 0.2) is 0 Å². The summed E-state index contributed by atoms with van der Waals surface area (Å²) in [5, 5.41) is 23.1. The zero-order valence-electron chi connectivity index (χ0n) is 11.6. The Balaban J connectivity index is 2.53. The van der Waals surface area contributed by atoms with Crippen LogP contribution >= 0.6 is 0 Å². The zero-order chi connectivity index (χ0) is 15.8. The molecule has 0 saturated carbocycles. The fourth-order valence-corrected chi connectivity index (χ4v) is 1.69. The fraction of sp³-hybridized carbons (Fsp3) is 0.357. The minimum atomic E-state index is -1.14. The topological polar surface area (TPSA) is 116 Å². The maximum atomic E-state index is 11.6. The van der Waals surface area contributed by atoms with E-state index in [2.05, 4.69) is 10.6 Å². The number of aromatic hydroxyl groups is 1. The van der Waals surface area contributed by atoms with Crippen LogP contribution in [-0.2, 0) is 20.8 Å². The number of aliphatic carboxylic acids is 1. The molecule has 7 nitrogen and oxygen atoms in total. The normalized spacial score (nSPS) is 11.5. The van der Waals surface area contributed by atoms with E-state index in [9.17, 15) is 14.4 Å². The first-order chi connectivity index (χ1) is 9.88. The second kappa shape index (κ2) is 7.88. The van der Waals surface area contributed by atoms with Crippen molar-refractivity contribution >= 4 is 17.8 Å². The maximum Gasteiger partial charge on any atom is 0.326 e. The SMILES string of the molecule is CC(=O)NCCC(=O)N[C@@H](Cc1ccc(O)cc1)C(=O)O. The molecular formula is C14H18N2O5. The minimum Gasteiger partial charge on any atom is -0.508 e. The van der Waals surface area contributed by atoms with Gasteiger partial charge in [0.05, 0.1) is 0 Å². The highest BCUT2D eigenvalue weighted by atomic mass is 16.4. The molecule has 114 valence electrons. The molecule has 0 aliphatic carbocycles. The third-order valence-electron chi connectivity index (χ3n) is 2.74.